The second kappa shape index (κ2) is 3.19. The van der Waals surface area contributed by atoms with Crippen LogP contribution in [0, 0.1) is 0 Å². The summed E-state index contributed by atoms with van der Waals surface area (Å²) in [6.45, 7) is 0. The van der Waals surface area contributed by atoms with Crippen LogP contribution in [0.5, 0.6) is 0 Å². The third kappa shape index (κ3) is 1.70. The van der Waals surface area contributed by atoms with Crippen molar-refractivity contribution in [1.29, 1.82) is 0 Å². The van der Waals surface area contributed by atoms with Crippen molar-refractivity contribution in [2.75, 3.05) is 0 Å². The standard InChI is InChI=1S/C6H3BrClNO2/c7-5-3(6(10)11)1-9-2-4(5)8/h1-2H,(H,10,11). The first-order chi connectivity index (χ1) is 5.13. The van der Waals surface area contributed by atoms with Gasteiger partial charge in [-0.05, 0) is 15.9 Å². The highest BCUT2D eigenvalue weighted by Crippen LogP contribution is 2.24. The molecule has 3 nitrogen and oxygen atoms in total. The molecule has 0 amide bonds. The summed E-state index contributed by atoms with van der Waals surface area (Å²) in [5, 5.41) is 8.86. The minimum Gasteiger partial charge on any atom is -0.478 e. The molecule has 1 aromatic rings. The van der Waals surface area contributed by atoms with Gasteiger partial charge in [0, 0.05) is 12.4 Å². The molecule has 0 atom stereocenters. The average molecular weight is 236 g/mol. The normalized spacial score (nSPS) is 9.64. The van der Waals surface area contributed by atoms with E-state index in [1.54, 1.807) is 0 Å². The van der Waals surface area contributed by atoms with Crippen molar-refractivity contribution in [1.82, 2.24) is 4.98 Å². The fraction of sp³-hybridized carbons (Fsp3) is 0. The Hall–Kier alpha value is -0.610. The van der Waals surface area contributed by atoms with E-state index >= 15 is 0 Å². The van der Waals surface area contributed by atoms with Gasteiger partial charge in [-0.25, -0.2) is 4.79 Å². The monoisotopic (exact) mass is 235 g/mol. The van der Waals surface area contributed by atoms with Gasteiger partial charge < -0.3 is 5.11 Å². The Morgan fingerprint density at radius 2 is 2.27 bits per heavy atom. The van der Waals surface area contributed by atoms with Crippen LogP contribution in [0.3, 0.4) is 0 Å². The van der Waals surface area contributed by atoms with E-state index in [1.165, 1.54) is 12.4 Å². The minimum atomic E-state index is -1.05. The lowest BCUT2D eigenvalue weighted by Gasteiger charge is -1.97. The first kappa shape index (κ1) is 8.49. The molecule has 0 saturated carbocycles. The number of carbonyl (C=O) groups is 1. The minimum absolute atomic E-state index is 0.0671. The van der Waals surface area contributed by atoms with Crippen LogP contribution in [0.15, 0.2) is 16.9 Å². The van der Waals surface area contributed by atoms with Gasteiger partial charge in [-0.3, -0.25) is 4.98 Å². The van der Waals surface area contributed by atoms with Gasteiger partial charge in [0.1, 0.15) is 0 Å². The number of aromatic carboxylic acids is 1. The highest BCUT2D eigenvalue weighted by Gasteiger charge is 2.10. The predicted molar refractivity (Wildman–Crippen MR) is 43.9 cm³/mol. The molecule has 1 rings (SSSR count). The highest BCUT2D eigenvalue weighted by atomic mass is 79.9. The van der Waals surface area contributed by atoms with Crippen LogP contribution in [0.1, 0.15) is 10.4 Å². The van der Waals surface area contributed by atoms with E-state index in [4.69, 9.17) is 16.7 Å². The summed E-state index contributed by atoms with van der Waals surface area (Å²) < 4.78 is 0.363. The zero-order valence-corrected chi connectivity index (χ0v) is 7.56. The van der Waals surface area contributed by atoms with E-state index < -0.39 is 5.97 Å². The number of pyridine rings is 1. The second-order valence-electron chi connectivity index (χ2n) is 1.79. The Morgan fingerprint density at radius 1 is 1.64 bits per heavy atom. The van der Waals surface area contributed by atoms with Gasteiger partial charge in [0.05, 0.1) is 15.1 Å². The maximum atomic E-state index is 10.4. The van der Waals surface area contributed by atoms with Gasteiger partial charge in [0.15, 0.2) is 0 Å². The van der Waals surface area contributed by atoms with Gasteiger partial charge in [0.2, 0.25) is 0 Å². The number of halogens is 2. The van der Waals surface area contributed by atoms with Gasteiger partial charge >= 0.3 is 5.97 Å². The summed E-state index contributed by atoms with van der Waals surface area (Å²) in [6.07, 6.45) is 2.61. The zero-order valence-electron chi connectivity index (χ0n) is 5.21. The van der Waals surface area contributed by atoms with Crippen LogP contribution in [-0.2, 0) is 0 Å². The molecule has 0 radical (unpaired) electrons. The van der Waals surface area contributed by atoms with Crippen LogP contribution in [0.4, 0.5) is 0 Å². The molecule has 1 aromatic heterocycles. The Balaban J connectivity index is 3.27. The SMILES string of the molecule is O=C(O)c1cncc(Cl)c1Br. The summed E-state index contributed by atoms with van der Waals surface area (Å²) in [5.41, 5.74) is 0.0671. The quantitative estimate of drug-likeness (QED) is 0.813. The molecule has 0 saturated heterocycles. The van der Waals surface area contributed by atoms with Crippen molar-refractivity contribution >= 4 is 33.5 Å². The molecule has 0 aromatic carbocycles. The van der Waals surface area contributed by atoms with Crippen molar-refractivity contribution in [2.45, 2.75) is 0 Å². The number of rotatable bonds is 1. The van der Waals surface area contributed by atoms with Gasteiger partial charge in [0.25, 0.3) is 0 Å². The molecule has 5 heteroatoms. The van der Waals surface area contributed by atoms with Crippen LogP contribution < -0.4 is 0 Å². The Morgan fingerprint density at radius 3 is 2.73 bits per heavy atom. The van der Waals surface area contributed by atoms with E-state index in [0.717, 1.165) is 0 Å². The number of nitrogens with zero attached hydrogens (tertiary/aromatic N) is 1. The highest BCUT2D eigenvalue weighted by molar-refractivity contribution is 9.10. The fourth-order valence-corrected chi connectivity index (χ4v) is 1.10. The number of carboxylic acids is 1. The van der Waals surface area contributed by atoms with Crippen LogP contribution in [-0.4, -0.2) is 16.1 Å². The van der Waals surface area contributed by atoms with E-state index in [-0.39, 0.29) is 5.56 Å². The van der Waals surface area contributed by atoms with E-state index in [0.29, 0.717) is 9.50 Å². The maximum Gasteiger partial charge on any atom is 0.338 e. The smallest absolute Gasteiger partial charge is 0.338 e. The molecule has 1 heterocycles. The summed E-state index contributed by atoms with van der Waals surface area (Å²) in [7, 11) is 0. The molecule has 0 aliphatic heterocycles. The predicted octanol–water partition coefficient (Wildman–Crippen LogP) is 2.20. The number of carboxylic acid groups (broad SMARTS) is 1. The first-order valence-corrected chi connectivity index (χ1v) is 3.82. The van der Waals surface area contributed by atoms with Crippen molar-refractivity contribution < 1.29 is 9.90 Å². The summed E-state index contributed by atoms with van der Waals surface area (Å²) >= 11 is 8.61. The van der Waals surface area contributed by atoms with Gasteiger partial charge in [-0.15, -0.1) is 0 Å². The summed E-state index contributed by atoms with van der Waals surface area (Å²) in [4.78, 5) is 14.1. The van der Waals surface area contributed by atoms with Gasteiger partial charge in [-0.1, -0.05) is 11.6 Å². The molecule has 1 N–H and O–H groups in total. The fourth-order valence-electron chi connectivity index (χ4n) is 0.568. The number of hydrogen-bond acceptors (Lipinski definition) is 2. The Kier molecular flexibility index (Phi) is 2.46. The van der Waals surface area contributed by atoms with Crippen molar-refractivity contribution in [3.8, 4) is 0 Å². The van der Waals surface area contributed by atoms with E-state index in [2.05, 4.69) is 20.9 Å². The molecular formula is C6H3BrClNO2. The zero-order chi connectivity index (χ0) is 8.43. The number of aromatic nitrogens is 1. The lowest BCUT2D eigenvalue weighted by Crippen LogP contribution is -1.98. The molecular weight excluding hydrogens is 233 g/mol. The van der Waals surface area contributed by atoms with Crippen LogP contribution in [0.2, 0.25) is 5.02 Å². The van der Waals surface area contributed by atoms with Crippen molar-refractivity contribution in [2.24, 2.45) is 0 Å². The first-order valence-electron chi connectivity index (χ1n) is 2.65. The van der Waals surface area contributed by atoms with Crippen molar-refractivity contribution in [3.05, 3.63) is 27.5 Å². The topological polar surface area (TPSA) is 50.2 Å². The molecule has 58 valence electrons. The van der Waals surface area contributed by atoms with Crippen molar-refractivity contribution in [3.63, 3.8) is 0 Å². The molecule has 0 spiro atoms. The molecule has 0 fully saturated rings. The Labute approximate surface area is 76.1 Å². The second-order valence-corrected chi connectivity index (χ2v) is 2.99. The average Bonchev–Trinajstić information content (AvgIpc) is 1.94. The Bertz CT molecular complexity index is 303. The summed E-state index contributed by atoms with van der Waals surface area (Å²) in [5.74, 6) is -1.05. The largest absolute Gasteiger partial charge is 0.478 e. The number of hydrogen-bond donors (Lipinski definition) is 1. The molecule has 11 heavy (non-hydrogen) atoms. The third-order valence-electron chi connectivity index (χ3n) is 1.07. The van der Waals surface area contributed by atoms with E-state index in [9.17, 15) is 4.79 Å². The molecule has 0 aliphatic carbocycles. The van der Waals surface area contributed by atoms with E-state index in [1.807, 2.05) is 0 Å². The molecule has 0 unspecified atom stereocenters. The van der Waals surface area contributed by atoms with Gasteiger partial charge in [-0.2, -0.15) is 0 Å². The molecule has 0 bridgehead atoms. The van der Waals surface area contributed by atoms with Crippen LogP contribution in [0.25, 0.3) is 0 Å². The van der Waals surface area contributed by atoms with Crippen LogP contribution >= 0.6 is 27.5 Å². The third-order valence-corrected chi connectivity index (χ3v) is 2.44. The lowest BCUT2D eigenvalue weighted by molar-refractivity contribution is 0.0695. The maximum absolute atomic E-state index is 10.4. The molecule has 0 aliphatic rings. The summed E-state index contributed by atoms with van der Waals surface area (Å²) in [6, 6.07) is 0. The lowest BCUT2D eigenvalue weighted by atomic mass is 10.3.